The number of pyridine rings is 1. The summed E-state index contributed by atoms with van der Waals surface area (Å²) >= 11 is 7.68. The van der Waals surface area contributed by atoms with E-state index in [1.165, 1.54) is 17.5 Å². The second-order valence-corrected chi connectivity index (χ2v) is 8.08. The summed E-state index contributed by atoms with van der Waals surface area (Å²) in [5.74, 6) is -0.593. The molecular formula is C23H17ClN4O2S. The summed E-state index contributed by atoms with van der Waals surface area (Å²) in [6, 6.07) is 18.2. The van der Waals surface area contributed by atoms with E-state index >= 15 is 0 Å². The lowest BCUT2D eigenvalue weighted by Gasteiger charge is -2.07. The summed E-state index contributed by atoms with van der Waals surface area (Å²) in [6.45, 7) is 1.79. The average Bonchev–Trinajstić information content (AvgIpc) is 3.15. The molecule has 0 radical (unpaired) electrons. The van der Waals surface area contributed by atoms with E-state index in [4.69, 9.17) is 11.6 Å². The molecule has 0 aliphatic heterocycles. The van der Waals surface area contributed by atoms with Crippen LogP contribution in [-0.4, -0.2) is 22.5 Å². The van der Waals surface area contributed by atoms with Gasteiger partial charge in [0, 0.05) is 28.2 Å². The Morgan fingerprint density at radius 2 is 1.74 bits per heavy atom. The minimum atomic E-state index is -0.356. The van der Waals surface area contributed by atoms with Gasteiger partial charge in [-0.3, -0.25) is 14.6 Å². The Labute approximate surface area is 187 Å². The van der Waals surface area contributed by atoms with Gasteiger partial charge in [-0.2, -0.15) is 5.10 Å². The maximum Gasteiger partial charge on any atom is 0.283 e. The Hall–Kier alpha value is -3.55. The zero-order valence-corrected chi connectivity index (χ0v) is 18.0. The van der Waals surface area contributed by atoms with Crippen LogP contribution < -0.4 is 10.7 Å². The quantitative estimate of drug-likeness (QED) is 0.318. The van der Waals surface area contributed by atoms with Crippen LogP contribution in [0.1, 0.15) is 32.5 Å². The standard InChI is InChI=1S/C23H17ClN4O2S/c1-14(27-28-23(30)21-20(24)18-6-2-3-7-19(18)31-21)15-8-10-17(11-9-15)26-22(29)16-5-4-12-25-13-16/h2-13H,1H3,(H,26,29)(H,28,30)/b27-14+. The first-order valence-corrected chi connectivity index (χ1v) is 10.6. The number of thiophene rings is 1. The molecule has 0 saturated heterocycles. The number of fused-ring (bicyclic) bond motifs is 1. The van der Waals surface area contributed by atoms with Crippen molar-refractivity contribution in [3.63, 3.8) is 0 Å². The van der Waals surface area contributed by atoms with E-state index in [2.05, 4.69) is 20.8 Å². The van der Waals surface area contributed by atoms with Crippen molar-refractivity contribution < 1.29 is 9.59 Å². The molecule has 2 aromatic heterocycles. The van der Waals surface area contributed by atoms with Crippen molar-refractivity contribution in [1.82, 2.24) is 10.4 Å². The molecule has 0 unspecified atom stereocenters. The van der Waals surface area contributed by atoms with E-state index in [0.29, 0.717) is 26.9 Å². The highest BCUT2D eigenvalue weighted by Crippen LogP contribution is 2.34. The molecule has 154 valence electrons. The van der Waals surface area contributed by atoms with Gasteiger partial charge in [-0.15, -0.1) is 11.3 Å². The Bertz CT molecular complexity index is 1280. The summed E-state index contributed by atoms with van der Waals surface area (Å²) in [5, 5.41) is 8.28. The van der Waals surface area contributed by atoms with Crippen LogP contribution in [0.4, 0.5) is 5.69 Å². The van der Waals surface area contributed by atoms with Gasteiger partial charge in [0.05, 0.1) is 16.3 Å². The fourth-order valence-electron chi connectivity index (χ4n) is 2.91. The molecule has 6 nitrogen and oxygen atoms in total. The lowest BCUT2D eigenvalue weighted by atomic mass is 10.1. The first-order valence-electron chi connectivity index (χ1n) is 9.36. The summed E-state index contributed by atoms with van der Waals surface area (Å²) in [7, 11) is 0. The third-order valence-corrected chi connectivity index (χ3v) is 6.22. The van der Waals surface area contributed by atoms with Gasteiger partial charge in [-0.25, -0.2) is 5.43 Å². The zero-order valence-electron chi connectivity index (χ0n) is 16.4. The highest BCUT2D eigenvalue weighted by molar-refractivity contribution is 7.21. The van der Waals surface area contributed by atoms with Crippen molar-refractivity contribution in [2.24, 2.45) is 5.10 Å². The molecule has 2 amide bonds. The number of anilines is 1. The summed E-state index contributed by atoms with van der Waals surface area (Å²) < 4.78 is 0.947. The Morgan fingerprint density at radius 3 is 2.45 bits per heavy atom. The van der Waals surface area contributed by atoms with Gasteiger partial charge in [-0.1, -0.05) is 41.9 Å². The number of nitrogens with zero attached hydrogens (tertiary/aromatic N) is 2. The number of amides is 2. The largest absolute Gasteiger partial charge is 0.322 e. The number of hydrogen-bond donors (Lipinski definition) is 2. The van der Waals surface area contributed by atoms with Crippen LogP contribution >= 0.6 is 22.9 Å². The molecule has 2 N–H and O–H groups in total. The van der Waals surface area contributed by atoms with E-state index in [9.17, 15) is 9.59 Å². The number of nitrogens with one attached hydrogen (secondary N) is 2. The van der Waals surface area contributed by atoms with E-state index in [1.807, 2.05) is 36.4 Å². The van der Waals surface area contributed by atoms with Gasteiger partial charge < -0.3 is 5.32 Å². The van der Waals surface area contributed by atoms with Gasteiger partial charge >= 0.3 is 0 Å². The van der Waals surface area contributed by atoms with E-state index < -0.39 is 0 Å². The maximum absolute atomic E-state index is 12.5. The molecule has 0 aliphatic rings. The van der Waals surface area contributed by atoms with E-state index in [0.717, 1.165) is 15.6 Å². The fraction of sp³-hybridized carbons (Fsp3) is 0.0435. The van der Waals surface area contributed by atoms with Gasteiger partial charge in [-0.05, 0) is 42.8 Å². The zero-order chi connectivity index (χ0) is 21.8. The first-order chi connectivity index (χ1) is 15.0. The second kappa shape index (κ2) is 9.07. The molecule has 4 rings (SSSR count). The number of carbonyl (C=O) groups excluding carboxylic acids is 2. The Morgan fingerprint density at radius 1 is 0.968 bits per heavy atom. The minimum Gasteiger partial charge on any atom is -0.322 e. The first kappa shape index (κ1) is 20.7. The molecule has 4 aromatic rings. The molecule has 31 heavy (non-hydrogen) atoms. The molecule has 0 spiro atoms. The van der Waals surface area contributed by atoms with Crippen molar-refractivity contribution in [2.45, 2.75) is 6.92 Å². The number of halogens is 1. The third-order valence-electron chi connectivity index (χ3n) is 4.55. The Balaban J connectivity index is 1.42. The highest BCUT2D eigenvalue weighted by Gasteiger charge is 2.16. The minimum absolute atomic E-state index is 0.237. The van der Waals surface area contributed by atoms with Gasteiger partial charge in [0.2, 0.25) is 0 Å². The number of rotatable bonds is 5. The molecule has 0 aliphatic carbocycles. The smallest absolute Gasteiger partial charge is 0.283 e. The van der Waals surface area contributed by atoms with Crippen LogP contribution in [0.25, 0.3) is 10.1 Å². The van der Waals surface area contributed by atoms with Crippen LogP contribution in [0.2, 0.25) is 5.02 Å². The molecule has 2 heterocycles. The molecule has 0 atom stereocenters. The molecule has 0 saturated carbocycles. The fourth-order valence-corrected chi connectivity index (χ4v) is 4.31. The summed E-state index contributed by atoms with van der Waals surface area (Å²) in [5.41, 5.74) is 5.12. The number of benzene rings is 2. The molecule has 0 fully saturated rings. The topological polar surface area (TPSA) is 83.5 Å². The van der Waals surface area contributed by atoms with Crippen LogP contribution in [0.3, 0.4) is 0 Å². The molecule has 0 bridgehead atoms. The van der Waals surface area contributed by atoms with Crippen molar-refractivity contribution >= 4 is 56.2 Å². The normalized spacial score (nSPS) is 11.4. The molecular weight excluding hydrogens is 432 g/mol. The predicted octanol–water partition coefficient (Wildman–Crippen LogP) is 5.36. The van der Waals surface area contributed by atoms with Crippen LogP contribution in [0, 0.1) is 0 Å². The van der Waals surface area contributed by atoms with Crippen molar-refractivity contribution in [2.75, 3.05) is 5.32 Å². The number of carbonyl (C=O) groups is 2. The molecule has 8 heteroatoms. The van der Waals surface area contributed by atoms with Crippen LogP contribution in [0.15, 0.2) is 78.2 Å². The van der Waals surface area contributed by atoms with Crippen molar-refractivity contribution in [3.8, 4) is 0 Å². The molecule has 2 aromatic carbocycles. The summed E-state index contributed by atoms with van der Waals surface area (Å²) in [4.78, 5) is 29.1. The monoisotopic (exact) mass is 448 g/mol. The summed E-state index contributed by atoms with van der Waals surface area (Å²) in [6.07, 6.45) is 3.12. The number of hydrogen-bond acceptors (Lipinski definition) is 5. The second-order valence-electron chi connectivity index (χ2n) is 6.65. The SMILES string of the molecule is C/C(=N\NC(=O)c1sc2ccccc2c1Cl)c1ccc(NC(=O)c2cccnc2)cc1. The van der Waals surface area contributed by atoms with Crippen LogP contribution in [-0.2, 0) is 0 Å². The lowest BCUT2D eigenvalue weighted by molar-refractivity contribution is 0.0958. The highest BCUT2D eigenvalue weighted by atomic mass is 35.5. The maximum atomic E-state index is 12.5. The predicted molar refractivity (Wildman–Crippen MR) is 125 cm³/mol. The van der Waals surface area contributed by atoms with Crippen molar-refractivity contribution in [3.05, 3.63) is 94.1 Å². The average molecular weight is 449 g/mol. The number of hydrazone groups is 1. The lowest BCUT2D eigenvalue weighted by Crippen LogP contribution is -2.18. The van der Waals surface area contributed by atoms with Crippen LogP contribution in [0.5, 0.6) is 0 Å². The van der Waals surface area contributed by atoms with E-state index in [-0.39, 0.29) is 11.8 Å². The number of aromatic nitrogens is 1. The Kier molecular flexibility index (Phi) is 6.06. The van der Waals surface area contributed by atoms with Gasteiger partial charge in [0.25, 0.3) is 11.8 Å². The van der Waals surface area contributed by atoms with Gasteiger partial charge in [0.1, 0.15) is 4.88 Å². The van der Waals surface area contributed by atoms with Crippen molar-refractivity contribution in [1.29, 1.82) is 0 Å². The van der Waals surface area contributed by atoms with Gasteiger partial charge in [0.15, 0.2) is 0 Å². The third kappa shape index (κ3) is 4.63. The van der Waals surface area contributed by atoms with E-state index in [1.54, 1.807) is 37.4 Å².